The van der Waals surface area contributed by atoms with Gasteiger partial charge >= 0.3 is 0 Å². The van der Waals surface area contributed by atoms with E-state index >= 15 is 0 Å². The van der Waals surface area contributed by atoms with E-state index in [2.05, 4.69) is 23.5 Å². The molecular weight excluding hydrogens is 385 g/mol. The number of rotatable bonds is 8. The molecule has 0 aromatic carbocycles. The number of halogens is 1. The van der Waals surface area contributed by atoms with Crippen LogP contribution in [-0.2, 0) is 4.74 Å². The smallest absolute Gasteiger partial charge is 0.188 e. The van der Waals surface area contributed by atoms with Gasteiger partial charge < -0.3 is 15.8 Å². The highest BCUT2D eigenvalue weighted by Gasteiger charge is 2.31. The third kappa shape index (κ3) is 7.93. The zero-order valence-corrected chi connectivity index (χ0v) is 16.0. The summed E-state index contributed by atoms with van der Waals surface area (Å²) >= 11 is 1.90. The van der Waals surface area contributed by atoms with Gasteiger partial charge in [-0.05, 0) is 25.5 Å². The molecule has 20 heavy (non-hydrogen) atoms. The van der Waals surface area contributed by atoms with E-state index in [1.54, 1.807) is 0 Å². The van der Waals surface area contributed by atoms with Gasteiger partial charge in [-0.3, -0.25) is 4.99 Å². The maximum atomic E-state index is 5.92. The molecule has 1 heterocycles. The molecule has 3 N–H and O–H groups in total. The molecule has 1 aliphatic rings. The molecule has 0 atom stereocenters. The molecule has 1 fully saturated rings. The molecule has 1 rings (SSSR count). The number of hydrogen-bond acceptors (Lipinski definition) is 3. The van der Waals surface area contributed by atoms with Crippen LogP contribution in [0.2, 0.25) is 0 Å². The van der Waals surface area contributed by atoms with Gasteiger partial charge in [0.15, 0.2) is 5.96 Å². The minimum Gasteiger partial charge on any atom is -0.381 e. The Labute approximate surface area is 145 Å². The third-order valence-corrected chi connectivity index (χ3v) is 5.11. The second-order valence-electron chi connectivity index (χ2n) is 5.19. The van der Waals surface area contributed by atoms with Crippen molar-refractivity contribution in [3.05, 3.63) is 0 Å². The largest absolute Gasteiger partial charge is 0.381 e. The number of nitrogens with one attached hydrogen (secondary N) is 1. The zero-order valence-electron chi connectivity index (χ0n) is 12.8. The average molecular weight is 415 g/mol. The van der Waals surface area contributed by atoms with E-state index in [9.17, 15) is 0 Å². The Morgan fingerprint density at radius 3 is 2.60 bits per heavy atom. The molecule has 0 unspecified atom stereocenters. The van der Waals surface area contributed by atoms with Crippen molar-refractivity contribution < 1.29 is 4.74 Å². The number of nitrogens with two attached hydrogens (primary N) is 1. The van der Waals surface area contributed by atoms with Crippen LogP contribution in [-0.4, -0.2) is 43.3 Å². The van der Waals surface area contributed by atoms with E-state index in [1.165, 1.54) is 25.7 Å². The molecular formula is C14H30IN3OS. The standard InChI is InChI=1S/C14H29N3OS.HI/c1-3-4-5-6-9-16-13(15)17-12-14(19-2)7-10-18-11-8-14;/h3-12H2,1-2H3,(H3,15,16,17);1H. The van der Waals surface area contributed by atoms with Gasteiger partial charge in [0.25, 0.3) is 0 Å². The van der Waals surface area contributed by atoms with E-state index in [1.807, 2.05) is 11.8 Å². The molecule has 120 valence electrons. The lowest BCUT2D eigenvalue weighted by atomic mass is 9.99. The van der Waals surface area contributed by atoms with Crippen LogP contribution in [0.1, 0.15) is 45.4 Å². The van der Waals surface area contributed by atoms with Crippen molar-refractivity contribution >= 4 is 41.7 Å². The fourth-order valence-electron chi connectivity index (χ4n) is 2.22. The molecule has 6 heteroatoms. The molecule has 1 saturated heterocycles. The van der Waals surface area contributed by atoms with Crippen LogP contribution in [0.3, 0.4) is 0 Å². The number of guanidine groups is 1. The van der Waals surface area contributed by atoms with E-state index in [-0.39, 0.29) is 28.7 Å². The summed E-state index contributed by atoms with van der Waals surface area (Å²) in [4.78, 5) is 4.52. The van der Waals surface area contributed by atoms with Gasteiger partial charge in [0.05, 0.1) is 6.54 Å². The first-order chi connectivity index (χ1) is 9.22. The summed E-state index contributed by atoms with van der Waals surface area (Å²) < 4.78 is 5.66. The molecule has 0 amide bonds. The summed E-state index contributed by atoms with van der Waals surface area (Å²) in [6.45, 7) is 5.65. The van der Waals surface area contributed by atoms with E-state index in [0.717, 1.165) is 39.1 Å². The first kappa shape index (κ1) is 20.3. The van der Waals surface area contributed by atoms with Crippen molar-refractivity contribution in [3.8, 4) is 0 Å². The summed E-state index contributed by atoms with van der Waals surface area (Å²) in [7, 11) is 0. The van der Waals surface area contributed by atoms with Crippen molar-refractivity contribution in [3.63, 3.8) is 0 Å². The SMILES string of the molecule is CCCCCCNC(N)=NCC1(SC)CCOCC1.I. The fourth-order valence-corrected chi connectivity index (χ4v) is 2.99. The molecule has 0 radical (unpaired) electrons. The Morgan fingerprint density at radius 1 is 1.30 bits per heavy atom. The highest BCUT2D eigenvalue weighted by atomic mass is 127. The van der Waals surface area contributed by atoms with Crippen molar-refractivity contribution in [1.29, 1.82) is 0 Å². The predicted molar refractivity (Wildman–Crippen MR) is 100 cm³/mol. The lowest BCUT2D eigenvalue weighted by Gasteiger charge is -2.34. The van der Waals surface area contributed by atoms with Gasteiger partial charge in [0, 0.05) is 24.5 Å². The normalized spacial score (nSPS) is 18.4. The Hall–Kier alpha value is 0.310. The van der Waals surface area contributed by atoms with Gasteiger partial charge in [0.1, 0.15) is 0 Å². The quantitative estimate of drug-likeness (QED) is 0.277. The minimum absolute atomic E-state index is 0. The van der Waals surface area contributed by atoms with Gasteiger partial charge in [0.2, 0.25) is 0 Å². The first-order valence-electron chi connectivity index (χ1n) is 7.39. The van der Waals surface area contributed by atoms with E-state index in [4.69, 9.17) is 10.5 Å². The maximum absolute atomic E-state index is 5.92. The topological polar surface area (TPSA) is 59.6 Å². The Morgan fingerprint density at radius 2 is 2.00 bits per heavy atom. The summed E-state index contributed by atoms with van der Waals surface area (Å²) in [5.41, 5.74) is 5.92. The molecule has 0 aromatic heterocycles. The second-order valence-corrected chi connectivity index (χ2v) is 6.46. The van der Waals surface area contributed by atoms with Crippen LogP contribution in [0.25, 0.3) is 0 Å². The zero-order chi connectivity index (χ0) is 14.0. The summed E-state index contributed by atoms with van der Waals surface area (Å²) in [5.74, 6) is 0.594. The fraction of sp³-hybridized carbons (Fsp3) is 0.929. The monoisotopic (exact) mass is 415 g/mol. The number of aliphatic imine (C=N–C) groups is 1. The maximum Gasteiger partial charge on any atom is 0.188 e. The number of thioether (sulfide) groups is 1. The lowest BCUT2D eigenvalue weighted by Crippen LogP contribution is -2.39. The van der Waals surface area contributed by atoms with Crippen LogP contribution < -0.4 is 11.1 Å². The van der Waals surface area contributed by atoms with Gasteiger partial charge in [-0.25, -0.2) is 0 Å². The number of ether oxygens (including phenoxy) is 1. The Kier molecular flexibility index (Phi) is 12.1. The highest BCUT2D eigenvalue weighted by Crippen LogP contribution is 2.33. The van der Waals surface area contributed by atoms with E-state index < -0.39 is 0 Å². The van der Waals surface area contributed by atoms with Crippen LogP contribution in [0, 0.1) is 0 Å². The number of nitrogens with zero attached hydrogens (tertiary/aromatic N) is 1. The molecule has 0 spiro atoms. The molecule has 0 bridgehead atoms. The number of hydrogen-bond donors (Lipinski definition) is 2. The number of unbranched alkanes of at least 4 members (excludes halogenated alkanes) is 3. The van der Waals surface area contributed by atoms with Crippen molar-refractivity contribution in [2.45, 2.75) is 50.2 Å². The minimum atomic E-state index is 0. The van der Waals surface area contributed by atoms with Crippen molar-refractivity contribution in [2.75, 3.05) is 32.6 Å². The molecule has 0 aromatic rings. The summed E-state index contributed by atoms with van der Waals surface area (Å²) in [5, 5.41) is 3.21. The predicted octanol–water partition coefficient (Wildman–Crippen LogP) is 3.00. The molecule has 4 nitrogen and oxygen atoms in total. The summed E-state index contributed by atoms with van der Waals surface area (Å²) in [6.07, 6.45) is 9.31. The Bertz CT molecular complexity index is 271. The van der Waals surface area contributed by atoms with Crippen LogP contribution in [0.5, 0.6) is 0 Å². The van der Waals surface area contributed by atoms with Crippen LogP contribution >= 0.6 is 35.7 Å². The first-order valence-corrected chi connectivity index (χ1v) is 8.61. The average Bonchev–Trinajstić information content (AvgIpc) is 2.46. The van der Waals surface area contributed by atoms with Crippen molar-refractivity contribution in [1.82, 2.24) is 5.32 Å². The van der Waals surface area contributed by atoms with E-state index in [0.29, 0.717) is 5.96 Å². The van der Waals surface area contributed by atoms with Gasteiger partial charge in [-0.15, -0.1) is 24.0 Å². The van der Waals surface area contributed by atoms with Crippen molar-refractivity contribution in [2.24, 2.45) is 10.7 Å². The molecule has 0 aliphatic carbocycles. The van der Waals surface area contributed by atoms with Gasteiger partial charge in [-0.2, -0.15) is 11.8 Å². The van der Waals surface area contributed by atoms with Crippen LogP contribution in [0.4, 0.5) is 0 Å². The molecule has 0 saturated carbocycles. The third-order valence-electron chi connectivity index (χ3n) is 3.71. The highest BCUT2D eigenvalue weighted by molar-refractivity contribution is 14.0. The Balaban J connectivity index is 0.00000361. The van der Waals surface area contributed by atoms with Gasteiger partial charge in [-0.1, -0.05) is 26.2 Å². The lowest BCUT2D eigenvalue weighted by molar-refractivity contribution is 0.0794. The van der Waals surface area contributed by atoms with Crippen LogP contribution in [0.15, 0.2) is 4.99 Å². The summed E-state index contributed by atoms with van der Waals surface area (Å²) in [6, 6.07) is 0. The molecule has 1 aliphatic heterocycles. The second kappa shape index (κ2) is 11.9.